The number of benzene rings is 1. The first-order valence-electron chi connectivity index (χ1n) is 7.00. The number of nitrogens with one attached hydrogen (secondary N) is 1. The van der Waals surface area contributed by atoms with E-state index in [1.807, 2.05) is 11.0 Å². The van der Waals surface area contributed by atoms with Gasteiger partial charge < -0.3 is 15.3 Å². The highest BCUT2D eigenvalue weighted by atomic mass is 16.3. The summed E-state index contributed by atoms with van der Waals surface area (Å²) in [5.41, 5.74) is 2.22. The molecule has 1 aromatic carbocycles. The summed E-state index contributed by atoms with van der Waals surface area (Å²) in [4.78, 5) is 25.4. The number of hydrogen-bond donors (Lipinski definition) is 2. The van der Waals surface area contributed by atoms with E-state index in [1.165, 1.54) is 5.56 Å². The fourth-order valence-electron chi connectivity index (χ4n) is 2.93. The smallest absolute Gasteiger partial charge is 0.227 e. The van der Waals surface area contributed by atoms with E-state index in [0.29, 0.717) is 32.5 Å². The van der Waals surface area contributed by atoms with Crippen LogP contribution in [0.5, 0.6) is 5.75 Å². The highest BCUT2D eigenvalue weighted by Crippen LogP contribution is 2.25. The third-order valence-corrected chi connectivity index (χ3v) is 4.13. The lowest BCUT2D eigenvalue weighted by atomic mass is 9.94. The van der Waals surface area contributed by atoms with Crippen LogP contribution in [0.3, 0.4) is 0 Å². The summed E-state index contributed by atoms with van der Waals surface area (Å²) in [6, 6.07) is 5.34. The van der Waals surface area contributed by atoms with Gasteiger partial charge in [-0.25, -0.2) is 0 Å². The predicted octanol–water partition coefficient (Wildman–Crippen LogP) is 0.803. The van der Waals surface area contributed by atoms with E-state index in [2.05, 4.69) is 5.32 Å². The number of nitrogens with zero attached hydrogens (tertiary/aromatic N) is 1. The summed E-state index contributed by atoms with van der Waals surface area (Å²) < 4.78 is 0. The minimum absolute atomic E-state index is 0.0305. The number of hydrogen-bond acceptors (Lipinski definition) is 3. The number of phenols is 1. The Morgan fingerprint density at radius 1 is 1.30 bits per heavy atom. The van der Waals surface area contributed by atoms with Crippen LogP contribution in [0.2, 0.25) is 0 Å². The minimum Gasteiger partial charge on any atom is -0.508 e. The number of phenolic OH excluding ortho intramolecular Hbond substituents is 1. The largest absolute Gasteiger partial charge is 0.508 e. The molecule has 2 aliphatic heterocycles. The average Bonchev–Trinajstić information content (AvgIpc) is 2.46. The Labute approximate surface area is 117 Å². The molecule has 1 aromatic rings. The highest BCUT2D eigenvalue weighted by molar-refractivity contribution is 5.84. The molecule has 20 heavy (non-hydrogen) atoms. The zero-order valence-electron chi connectivity index (χ0n) is 11.3. The third kappa shape index (κ3) is 2.48. The Kier molecular flexibility index (Phi) is 3.34. The maximum atomic E-state index is 12.5. The van der Waals surface area contributed by atoms with Crippen molar-refractivity contribution in [2.24, 2.45) is 5.92 Å². The molecule has 2 aliphatic rings. The molecule has 0 aliphatic carbocycles. The van der Waals surface area contributed by atoms with Gasteiger partial charge in [0.1, 0.15) is 5.75 Å². The van der Waals surface area contributed by atoms with Gasteiger partial charge in [0.2, 0.25) is 11.8 Å². The fraction of sp³-hybridized carbons (Fsp3) is 0.467. The Balaban J connectivity index is 1.70. The molecule has 0 saturated carbocycles. The van der Waals surface area contributed by atoms with Crippen molar-refractivity contribution < 1.29 is 14.7 Å². The van der Waals surface area contributed by atoms with Gasteiger partial charge in [-0.1, -0.05) is 6.07 Å². The van der Waals surface area contributed by atoms with Crippen LogP contribution < -0.4 is 5.32 Å². The number of aromatic hydroxyl groups is 1. The van der Waals surface area contributed by atoms with Crippen LogP contribution in [0.4, 0.5) is 0 Å². The Morgan fingerprint density at radius 3 is 2.90 bits per heavy atom. The minimum atomic E-state index is -0.105. The maximum absolute atomic E-state index is 12.5. The summed E-state index contributed by atoms with van der Waals surface area (Å²) in [5, 5.41) is 12.3. The molecule has 0 bridgehead atoms. The molecule has 2 heterocycles. The molecule has 1 fully saturated rings. The molecule has 5 heteroatoms. The summed E-state index contributed by atoms with van der Waals surface area (Å²) in [6.07, 6.45) is 1.89. The van der Waals surface area contributed by atoms with E-state index in [-0.39, 0.29) is 23.5 Å². The second-order valence-corrected chi connectivity index (χ2v) is 5.50. The Hall–Kier alpha value is -2.04. The van der Waals surface area contributed by atoms with Crippen LogP contribution in [-0.4, -0.2) is 34.9 Å². The third-order valence-electron chi connectivity index (χ3n) is 4.13. The Morgan fingerprint density at radius 2 is 2.15 bits per heavy atom. The van der Waals surface area contributed by atoms with E-state index in [0.717, 1.165) is 12.0 Å². The van der Waals surface area contributed by atoms with Crippen LogP contribution >= 0.6 is 0 Å². The van der Waals surface area contributed by atoms with Crippen molar-refractivity contribution in [2.45, 2.75) is 25.8 Å². The molecule has 3 rings (SSSR count). The number of carbonyl (C=O) groups excluding carboxylic acids is 2. The fourth-order valence-corrected chi connectivity index (χ4v) is 2.93. The first-order valence-corrected chi connectivity index (χ1v) is 7.00. The van der Waals surface area contributed by atoms with Gasteiger partial charge in [-0.15, -0.1) is 0 Å². The second-order valence-electron chi connectivity index (χ2n) is 5.50. The van der Waals surface area contributed by atoms with Gasteiger partial charge in [0.25, 0.3) is 0 Å². The van der Waals surface area contributed by atoms with Crippen LogP contribution in [0.15, 0.2) is 18.2 Å². The molecule has 1 unspecified atom stereocenters. The van der Waals surface area contributed by atoms with Crippen molar-refractivity contribution in [2.75, 3.05) is 13.1 Å². The first-order chi connectivity index (χ1) is 9.63. The molecule has 0 radical (unpaired) electrons. The van der Waals surface area contributed by atoms with Crippen molar-refractivity contribution in [1.29, 1.82) is 0 Å². The van der Waals surface area contributed by atoms with Crippen LogP contribution in [-0.2, 0) is 22.6 Å². The summed E-state index contributed by atoms with van der Waals surface area (Å²) in [5.74, 6) is 0.275. The van der Waals surface area contributed by atoms with E-state index in [4.69, 9.17) is 0 Å². The van der Waals surface area contributed by atoms with Gasteiger partial charge in [-0.05, 0) is 36.1 Å². The lowest BCUT2D eigenvalue weighted by molar-refractivity contribution is -0.138. The van der Waals surface area contributed by atoms with E-state index >= 15 is 0 Å². The number of carbonyl (C=O) groups is 2. The standard InChI is InChI=1S/C15H18N2O3/c18-13-3-1-10-5-6-17(9-12(10)7-13)15(20)11-2-4-14(19)16-8-11/h1,3,7,11,18H,2,4-6,8-9H2,(H,16,19). The molecular formula is C15H18N2O3. The van der Waals surface area contributed by atoms with Crippen LogP contribution in [0.1, 0.15) is 24.0 Å². The maximum Gasteiger partial charge on any atom is 0.227 e. The van der Waals surface area contributed by atoms with E-state index in [9.17, 15) is 14.7 Å². The van der Waals surface area contributed by atoms with Gasteiger partial charge in [0, 0.05) is 26.1 Å². The van der Waals surface area contributed by atoms with Gasteiger partial charge >= 0.3 is 0 Å². The van der Waals surface area contributed by atoms with Crippen LogP contribution in [0.25, 0.3) is 0 Å². The van der Waals surface area contributed by atoms with E-state index < -0.39 is 0 Å². The average molecular weight is 274 g/mol. The Bertz CT molecular complexity index is 546. The number of fused-ring (bicyclic) bond motifs is 1. The van der Waals surface area contributed by atoms with Crippen molar-refractivity contribution in [3.05, 3.63) is 29.3 Å². The lowest BCUT2D eigenvalue weighted by Crippen LogP contribution is -2.46. The number of rotatable bonds is 1. The molecule has 5 nitrogen and oxygen atoms in total. The van der Waals surface area contributed by atoms with Crippen LogP contribution in [0, 0.1) is 5.92 Å². The zero-order valence-corrected chi connectivity index (χ0v) is 11.3. The molecule has 2 amide bonds. The molecule has 106 valence electrons. The van der Waals surface area contributed by atoms with Gasteiger partial charge in [0.15, 0.2) is 0 Å². The van der Waals surface area contributed by atoms with Crippen molar-refractivity contribution >= 4 is 11.8 Å². The molecule has 0 spiro atoms. The second kappa shape index (κ2) is 5.15. The molecule has 2 N–H and O–H groups in total. The van der Waals surface area contributed by atoms with Crippen molar-refractivity contribution in [3.63, 3.8) is 0 Å². The zero-order chi connectivity index (χ0) is 14.1. The van der Waals surface area contributed by atoms with Gasteiger partial charge in [-0.2, -0.15) is 0 Å². The van der Waals surface area contributed by atoms with Gasteiger partial charge in [-0.3, -0.25) is 9.59 Å². The molecule has 1 saturated heterocycles. The van der Waals surface area contributed by atoms with Crippen molar-refractivity contribution in [3.8, 4) is 5.75 Å². The summed E-state index contributed by atoms with van der Waals surface area (Å²) in [7, 11) is 0. The highest BCUT2D eigenvalue weighted by Gasteiger charge is 2.30. The molecule has 0 aromatic heterocycles. The summed E-state index contributed by atoms with van der Waals surface area (Å²) >= 11 is 0. The SMILES string of the molecule is O=C1CCC(C(=O)N2CCc3ccc(O)cc3C2)CN1. The lowest BCUT2D eigenvalue weighted by Gasteiger charge is -2.33. The topological polar surface area (TPSA) is 69.6 Å². The number of amides is 2. The molecular weight excluding hydrogens is 256 g/mol. The first kappa shape index (κ1) is 13.0. The van der Waals surface area contributed by atoms with E-state index in [1.54, 1.807) is 12.1 Å². The van der Waals surface area contributed by atoms with Crippen molar-refractivity contribution in [1.82, 2.24) is 10.2 Å². The predicted molar refractivity (Wildman–Crippen MR) is 73.0 cm³/mol. The van der Waals surface area contributed by atoms with Gasteiger partial charge in [0.05, 0.1) is 5.92 Å². The normalized spacial score (nSPS) is 22.1. The molecule has 1 atom stereocenters. The quantitative estimate of drug-likeness (QED) is 0.796. The summed E-state index contributed by atoms with van der Waals surface area (Å²) in [6.45, 7) is 1.70. The number of piperidine rings is 1. The monoisotopic (exact) mass is 274 g/mol.